The van der Waals surface area contributed by atoms with E-state index in [4.69, 9.17) is 14.2 Å². The largest absolute Gasteiger partial charge is 0.496 e. The number of rotatable bonds is 8. The summed E-state index contributed by atoms with van der Waals surface area (Å²) in [6.45, 7) is 2.10. The number of para-hydroxylation sites is 1. The molecule has 1 N–H and O–H groups in total. The lowest BCUT2D eigenvalue weighted by molar-refractivity contribution is -0.268. The third-order valence-corrected chi connectivity index (χ3v) is 8.96. The Bertz CT molecular complexity index is 1550. The SMILES string of the molecule is COc1ccccc1SC[C@@H]1O[C@H](c2ccc(N3C(=O)c4ccccc4C3=O)cc2)O[C@H](c2ccc(CO)cc2)[C@@H]1C. The number of carbonyl (C=O) groups is 2. The molecule has 0 unspecified atom stereocenters. The first kappa shape index (κ1) is 28.2. The number of anilines is 1. The Morgan fingerprint density at radius 1 is 0.810 bits per heavy atom. The minimum absolute atomic E-state index is 0.0231. The van der Waals surface area contributed by atoms with Crippen LogP contribution in [0.5, 0.6) is 5.75 Å². The normalized spacial score (nSPS) is 21.8. The first-order chi connectivity index (χ1) is 20.5. The highest BCUT2D eigenvalue weighted by molar-refractivity contribution is 7.99. The monoisotopic (exact) mass is 581 g/mol. The van der Waals surface area contributed by atoms with Crippen molar-refractivity contribution in [2.45, 2.75) is 36.9 Å². The van der Waals surface area contributed by atoms with Crippen molar-refractivity contribution in [1.29, 1.82) is 0 Å². The molecule has 4 atom stereocenters. The maximum absolute atomic E-state index is 13.0. The third-order valence-electron chi connectivity index (χ3n) is 7.81. The number of ether oxygens (including phenoxy) is 3. The number of hydrogen-bond donors (Lipinski definition) is 1. The second-order valence-electron chi connectivity index (χ2n) is 10.4. The number of hydrogen-bond acceptors (Lipinski definition) is 7. The highest BCUT2D eigenvalue weighted by atomic mass is 32.2. The summed E-state index contributed by atoms with van der Waals surface area (Å²) in [6.07, 6.45) is -1.07. The average molecular weight is 582 g/mol. The number of carbonyl (C=O) groups excluding carboxylic acids is 2. The van der Waals surface area contributed by atoms with E-state index in [-0.39, 0.29) is 36.5 Å². The van der Waals surface area contributed by atoms with Crippen LogP contribution in [0.2, 0.25) is 0 Å². The Hall–Kier alpha value is -3.95. The number of benzene rings is 4. The minimum Gasteiger partial charge on any atom is -0.496 e. The van der Waals surface area contributed by atoms with Gasteiger partial charge in [0.2, 0.25) is 0 Å². The van der Waals surface area contributed by atoms with E-state index in [9.17, 15) is 14.7 Å². The fraction of sp³-hybridized carbons (Fsp3) is 0.235. The van der Waals surface area contributed by atoms with E-state index in [0.717, 1.165) is 27.3 Å². The number of imide groups is 1. The second kappa shape index (κ2) is 12.1. The summed E-state index contributed by atoms with van der Waals surface area (Å²) < 4.78 is 18.7. The van der Waals surface area contributed by atoms with Crippen molar-refractivity contribution in [2.75, 3.05) is 17.8 Å². The number of aliphatic hydroxyl groups excluding tert-OH is 1. The molecule has 2 amide bonds. The van der Waals surface area contributed by atoms with Gasteiger partial charge in [0.25, 0.3) is 11.8 Å². The topological polar surface area (TPSA) is 85.3 Å². The Morgan fingerprint density at radius 3 is 2.07 bits per heavy atom. The maximum Gasteiger partial charge on any atom is 0.266 e. The molecule has 6 rings (SSSR count). The highest BCUT2D eigenvalue weighted by Crippen LogP contribution is 2.44. The van der Waals surface area contributed by atoms with Gasteiger partial charge in [0, 0.05) is 22.1 Å². The van der Waals surface area contributed by atoms with Gasteiger partial charge >= 0.3 is 0 Å². The summed E-state index contributed by atoms with van der Waals surface area (Å²) in [5.74, 6) is 0.865. The second-order valence-corrected chi connectivity index (χ2v) is 11.4. The van der Waals surface area contributed by atoms with Crippen LogP contribution in [0.25, 0.3) is 0 Å². The molecule has 0 aromatic heterocycles. The molecule has 4 aromatic rings. The van der Waals surface area contributed by atoms with Gasteiger partial charge in [-0.3, -0.25) is 9.59 Å². The molecule has 0 bridgehead atoms. The summed E-state index contributed by atoms with van der Waals surface area (Å²) >= 11 is 1.68. The van der Waals surface area contributed by atoms with E-state index in [1.807, 2.05) is 60.7 Å². The van der Waals surface area contributed by atoms with Crippen LogP contribution in [0.4, 0.5) is 5.69 Å². The zero-order valence-electron chi connectivity index (χ0n) is 23.3. The lowest BCUT2D eigenvalue weighted by Gasteiger charge is -2.41. The van der Waals surface area contributed by atoms with E-state index in [2.05, 4.69) is 6.92 Å². The number of nitrogens with zero attached hydrogens (tertiary/aromatic N) is 1. The summed E-state index contributed by atoms with van der Waals surface area (Å²) in [4.78, 5) is 28.2. The average Bonchev–Trinajstić information content (AvgIpc) is 3.30. The molecule has 1 fully saturated rings. The Balaban J connectivity index is 1.26. The Morgan fingerprint density at radius 2 is 1.43 bits per heavy atom. The lowest BCUT2D eigenvalue weighted by Crippen LogP contribution is -2.38. The fourth-order valence-corrected chi connectivity index (χ4v) is 6.62. The quantitative estimate of drug-likeness (QED) is 0.186. The van der Waals surface area contributed by atoms with Crippen molar-refractivity contribution in [2.24, 2.45) is 5.92 Å². The van der Waals surface area contributed by atoms with Crippen LogP contribution >= 0.6 is 11.8 Å². The predicted molar refractivity (Wildman–Crippen MR) is 161 cm³/mol. The smallest absolute Gasteiger partial charge is 0.266 e. The van der Waals surface area contributed by atoms with Crippen molar-refractivity contribution in [3.63, 3.8) is 0 Å². The summed E-state index contributed by atoms with van der Waals surface area (Å²) in [5.41, 5.74) is 3.93. The molecule has 42 heavy (non-hydrogen) atoms. The van der Waals surface area contributed by atoms with Gasteiger partial charge < -0.3 is 19.3 Å². The zero-order chi connectivity index (χ0) is 29.2. The number of thioether (sulfide) groups is 1. The molecule has 0 saturated carbocycles. The van der Waals surface area contributed by atoms with Crippen LogP contribution in [-0.4, -0.2) is 35.9 Å². The standard InChI is InChI=1S/C34H31NO6S/c1-21-29(20-42-30-10-6-5-9-28(30)39-2)40-34(41-31(21)23-13-11-22(19-36)12-14-23)24-15-17-25(18-16-24)35-32(37)26-7-3-4-8-27(26)33(35)38/h3-18,21,29,31,34,36H,19-20H2,1-2H3/t21-,29+,31+,34+/m1/s1. The molecular formula is C34H31NO6S. The first-order valence-corrected chi connectivity index (χ1v) is 14.8. The molecule has 2 aliphatic heterocycles. The number of amides is 2. The van der Waals surface area contributed by atoms with E-state index in [0.29, 0.717) is 22.6 Å². The molecule has 8 heteroatoms. The van der Waals surface area contributed by atoms with Crippen LogP contribution in [0, 0.1) is 5.92 Å². The summed E-state index contributed by atoms with van der Waals surface area (Å²) in [5, 5.41) is 9.52. The van der Waals surface area contributed by atoms with Gasteiger partial charge in [-0.05, 0) is 47.5 Å². The van der Waals surface area contributed by atoms with Gasteiger partial charge in [0.15, 0.2) is 6.29 Å². The van der Waals surface area contributed by atoms with Crippen LogP contribution < -0.4 is 9.64 Å². The molecule has 0 aliphatic carbocycles. The van der Waals surface area contributed by atoms with Crippen molar-refractivity contribution < 1.29 is 28.9 Å². The molecule has 2 aliphatic rings. The number of aliphatic hydroxyl groups is 1. The van der Waals surface area contributed by atoms with Gasteiger partial charge in [-0.25, -0.2) is 4.90 Å². The fourth-order valence-electron chi connectivity index (χ4n) is 5.42. The first-order valence-electron chi connectivity index (χ1n) is 13.8. The Labute approximate surface area is 249 Å². The van der Waals surface area contributed by atoms with Crippen LogP contribution in [0.15, 0.2) is 102 Å². The van der Waals surface area contributed by atoms with Crippen molar-refractivity contribution in [3.05, 3.63) is 125 Å². The van der Waals surface area contributed by atoms with Crippen molar-refractivity contribution >= 4 is 29.3 Å². The molecule has 214 valence electrons. The van der Waals surface area contributed by atoms with Gasteiger partial charge in [-0.2, -0.15) is 0 Å². The Kier molecular flexibility index (Phi) is 8.13. The number of fused-ring (bicyclic) bond motifs is 1. The predicted octanol–water partition coefficient (Wildman–Crippen LogP) is 6.57. The molecule has 4 aromatic carbocycles. The van der Waals surface area contributed by atoms with Crippen molar-refractivity contribution in [1.82, 2.24) is 0 Å². The highest BCUT2D eigenvalue weighted by Gasteiger charge is 2.39. The van der Waals surface area contributed by atoms with Gasteiger partial charge in [-0.15, -0.1) is 11.8 Å². The molecule has 0 radical (unpaired) electrons. The van der Waals surface area contributed by atoms with E-state index < -0.39 is 6.29 Å². The van der Waals surface area contributed by atoms with Gasteiger partial charge in [0.1, 0.15) is 5.75 Å². The lowest BCUT2D eigenvalue weighted by atomic mass is 9.91. The molecule has 7 nitrogen and oxygen atoms in total. The zero-order valence-corrected chi connectivity index (χ0v) is 24.1. The van der Waals surface area contributed by atoms with E-state index in [1.54, 1.807) is 55.3 Å². The van der Waals surface area contributed by atoms with Gasteiger partial charge in [0.05, 0.1) is 42.7 Å². The van der Waals surface area contributed by atoms with E-state index >= 15 is 0 Å². The van der Waals surface area contributed by atoms with Crippen LogP contribution in [0.3, 0.4) is 0 Å². The van der Waals surface area contributed by atoms with Crippen LogP contribution in [0.1, 0.15) is 56.7 Å². The molecule has 2 heterocycles. The summed E-state index contributed by atoms with van der Waals surface area (Å²) in [6, 6.07) is 29.8. The van der Waals surface area contributed by atoms with Crippen molar-refractivity contribution in [3.8, 4) is 5.75 Å². The summed E-state index contributed by atoms with van der Waals surface area (Å²) in [7, 11) is 1.67. The third kappa shape index (κ3) is 5.34. The van der Waals surface area contributed by atoms with Crippen LogP contribution in [-0.2, 0) is 16.1 Å². The maximum atomic E-state index is 13.0. The molecular weight excluding hydrogens is 550 g/mol. The molecule has 1 saturated heterocycles. The molecule has 0 spiro atoms. The van der Waals surface area contributed by atoms with E-state index in [1.165, 1.54) is 4.90 Å². The minimum atomic E-state index is -0.664. The number of methoxy groups -OCH3 is 1. The van der Waals surface area contributed by atoms with Gasteiger partial charge in [-0.1, -0.05) is 67.6 Å².